The zero-order chi connectivity index (χ0) is 12.4. The van der Waals surface area contributed by atoms with Crippen molar-refractivity contribution < 1.29 is 0 Å². The number of likely N-dealkylation sites (N-methyl/N-ethyl adjacent to an activating group) is 1. The Hall–Kier alpha value is -1.40. The molecule has 6 nitrogen and oxygen atoms in total. The number of nitrogens with zero attached hydrogens (tertiary/aromatic N) is 2. The summed E-state index contributed by atoms with van der Waals surface area (Å²) in [4.78, 5) is 32.1. The molecule has 0 saturated heterocycles. The summed E-state index contributed by atoms with van der Waals surface area (Å²) in [5.41, 5.74) is 0.836. The lowest BCUT2D eigenvalue weighted by atomic mass is 10.1. The van der Waals surface area contributed by atoms with E-state index in [-0.39, 0.29) is 5.56 Å². The number of nitrogens with one attached hydrogen (secondary N) is 2. The molecule has 1 aliphatic heterocycles. The molecule has 0 bridgehead atoms. The summed E-state index contributed by atoms with van der Waals surface area (Å²) in [6.45, 7) is 3.41. The van der Waals surface area contributed by atoms with Crippen LogP contribution in [0.4, 0.5) is 0 Å². The fraction of sp³-hybridized carbons (Fsp3) is 0.636. The fourth-order valence-electron chi connectivity index (χ4n) is 2.04. The zero-order valence-corrected chi connectivity index (χ0v) is 10.2. The van der Waals surface area contributed by atoms with Crippen LogP contribution < -0.4 is 11.2 Å². The van der Waals surface area contributed by atoms with Crippen molar-refractivity contribution in [2.75, 3.05) is 33.7 Å². The Morgan fingerprint density at radius 3 is 2.76 bits per heavy atom. The van der Waals surface area contributed by atoms with Crippen LogP contribution in [0, 0.1) is 0 Å². The zero-order valence-electron chi connectivity index (χ0n) is 10.2. The average molecular weight is 238 g/mol. The predicted octanol–water partition coefficient (Wildman–Crippen LogP) is -1.02. The monoisotopic (exact) mass is 238 g/mol. The van der Waals surface area contributed by atoms with Gasteiger partial charge in [0.15, 0.2) is 0 Å². The smallest absolute Gasteiger partial charge is 0.311 e. The Labute approximate surface area is 99.3 Å². The van der Waals surface area contributed by atoms with E-state index in [0.29, 0.717) is 12.1 Å². The van der Waals surface area contributed by atoms with Gasteiger partial charge in [-0.3, -0.25) is 14.7 Å². The lowest BCUT2D eigenvalue weighted by Gasteiger charge is -2.28. The molecule has 1 aromatic rings. The molecular formula is C11H18N4O2. The number of hydrogen-bond donors (Lipinski definition) is 2. The molecule has 2 heterocycles. The number of hydrogen-bond acceptors (Lipinski definition) is 4. The van der Waals surface area contributed by atoms with Crippen molar-refractivity contribution in [3.63, 3.8) is 0 Å². The largest absolute Gasteiger partial charge is 0.325 e. The first kappa shape index (κ1) is 12.1. The minimum Gasteiger partial charge on any atom is -0.311 e. The predicted molar refractivity (Wildman–Crippen MR) is 65.2 cm³/mol. The van der Waals surface area contributed by atoms with Gasteiger partial charge in [0, 0.05) is 38.3 Å². The quantitative estimate of drug-likeness (QED) is 0.707. The molecule has 6 heteroatoms. The summed E-state index contributed by atoms with van der Waals surface area (Å²) >= 11 is 0. The molecule has 0 aliphatic carbocycles. The molecular weight excluding hydrogens is 220 g/mol. The first-order valence-corrected chi connectivity index (χ1v) is 5.77. The molecule has 2 rings (SSSR count). The summed E-state index contributed by atoms with van der Waals surface area (Å²) in [6, 6.07) is 0. The number of H-pyrrole nitrogens is 2. The SMILES string of the molecule is CN(C)CCN1CCc2[nH]c(=O)[nH]c(=O)c2C1. The van der Waals surface area contributed by atoms with Crippen LogP contribution in [0.2, 0.25) is 0 Å². The van der Waals surface area contributed by atoms with Crippen LogP contribution in [0.3, 0.4) is 0 Å². The van der Waals surface area contributed by atoms with Gasteiger partial charge >= 0.3 is 5.69 Å². The van der Waals surface area contributed by atoms with E-state index in [4.69, 9.17) is 0 Å². The number of fused-ring (bicyclic) bond motifs is 1. The minimum atomic E-state index is -0.407. The van der Waals surface area contributed by atoms with Crippen LogP contribution in [0.15, 0.2) is 9.59 Å². The second kappa shape index (κ2) is 4.85. The fourth-order valence-corrected chi connectivity index (χ4v) is 2.04. The first-order valence-electron chi connectivity index (χ1n) is 5.77. The van der Waals surface area contributed by atoms with Gasteiger partial charge in [0.2, 0.25) is 0 Å². The molecule has 0 amide bonds. The van der Waals surface area contributed by atoms with Gasteiger partial charge in [-0.25, -0.2) is 4.79 Å². The first-order chi connectivity index (χ1) is 8.06. The normalized spacial score (nSPS) is 16.2. The molecule has 94 valence electrons. The third-order valence-electron chi connectivity index (χ3n) is 3.05. The molecule has 0 aromatic carbocycles. The van der Waals surface area contributed by atoms with Crippen molar-refractivity contribution in [3.8, 4) is 0 Å². The highest BCUT2D eigenvalue weighted by Gasteiger charge is 2.19. The Kier molecular flexibility index (Phi) is 3.44. The van der Waals surface area contributed by atoms with E-state index in [9.17, 15) is 9.59 Å². The van der Waals surface area contributed by atoms with Crippen molar-refractivity contribution in [1.82, 2.24) is 19.8 Å². The Morgan fingerprint density at radius 1 is 1.29 bits per heavy atom. The van der Waals surface area contributed by atoms with Crippen LogP contribution in [-0.2, 0) is 13.0 Å². The average Bonchev–Trinajstić information content (AvgIpc) is 2.26. The Bertz CT molecular complexity index is 503. The van der Waals surface area contributed by atoms with Crippen molar-refractivity contribution in [3.05, 3.63) is 32.1 Å². The van der Waals surface area contributed by atoms with Gasteiger partial charge in [0.1, 0.15) is 0 Å². The van der Waals surface area contributed by atoms with E-state index in [1.807, 2.05) is 14.1 Å². The number of aromatic nitrogens is 2. The maximum absolute atomic E-state index is 11.7. The van der Waals surface area contributed by atoms with E-state index in [2.05, 4.69) is 19.8 Å². The van der Waals surface area contributed by atoms with Gasteiger partial charge in [-0.15, -0.1) is 0 Å². The molecule has 0 spiro atoms. The highest BCUT2D eigenvalue weighted by molar-refractivity contribution is 5.19. The van der Waals surface area contributed by atoms with Crippen LogP contribution in [0.1, 0.15) is 11.3 Å². The van der Waals surface area contributed by atoms with E-state index in [1.54, 1.807) is 0 Å². The standard InChI is InChI=1S/C11H18N4O2/c1-14(2)5-6-15-4-3-9-8(7-15)10(16)13-11(17)12-9/h3-7H2,1-2H3,(H2,12,13,16,17). The van der Waals surface area contributed by atoms with Crippen LogP contribution in [0.5, 0.6) is 0 Å². The van der Waals surface area contributed by atoms with E-state index in [1.165, 1.54) is 0 Å². The van der Waals surface area contributed by atoms with Crippen LogP contribution in [-0.4, -0.2) is 53.5 Å². The van der Waals surface area contributed by atoms with Gasteiger partial charge in [0.05, 0.1) is 5.56 Å². The third-order valence-corrected chi connectivity index (χ3v) is 3.05. The van der Waals surface area contributed by atoms with Gasteiger partial charge < -0.3 is 9.88 Å². The van der Waals surface area contributed by atoms with E-state index < -0.39 is 5.69 Å². The minimum absolute atomic E-state index is 0.252. The molecule has 0 atom stereocenters. The lowest BCUT2D eigenvalue weighted by molar-refractivity contribution is 0.222. The summed E-state index contributed by atoms with van der Waals surface area (Å²) in [5, 5.41) is 0. The van der Waals surface area contributed by atoms with Gasteiger partial charge in [-0.05, 0) is 14.1 Å². The molecule has 1 aliphatic rings. The summed E-state index contributed by atoms with van der Waals surface area (Å²) in [6.07, 6.45) is 0.738. The highest BCUT2D eigenvalue weighted by atomic mass is 16.2. The summed E-state index contributed by atoms with van der Waals surface area (Å²) in [5.74, 6) is 0. The van der Waals surface area contributed by atoms with Gasteiger partial charge in [-0.1, -0.05) is 0 Å². The van der Waals surface area contributed by atoms with E-state index >= 15 is 0 Å². The molecule has 0 unspecified atom stereocenters. The van der Waals surface area contributed by atoms with Gasteiger partial charge in [0.25, 0.3) is 5.56 Å². The second-order valence-corrected chi connectivity index (χ2v) is 4.69. The molecule has 0 saturated carbocycles. The number of rotatable bonds is 3. The van der Waals surface area contributed by atoms with Crippen molar-refractivity contribution >= 4 is 0 Å². The van der Waals surface area contributed by atoms with Crippen molar-refractivity contribution in [2.24, 2.45) is 0 Å². The second-order valence-electron chi connectivity index (χ2n) is 4.69. The van der Waals surface area contributed by atoms with Crippen LogP contribution >= 0.6 is 0 Å². The summed E-state index contributed by atoms with van der Waals surface area (Å²) < 4.78 is 0. The Morgan fingerprint density at radius 2 is 2.06 bits per heavy atom. The maximum atomic E-state index is 11.7. The lowest BCUT2D eigenvalue weighted by Crippen LogP contribution is -2.41. The molecule has 2 N–H and O–H groups in total. The number of aromatic amines is 2. The van der Waals surface area contributed by atoms with Gasteiger partial charge in [-0.2, -0.15) is 0 Å². The van der Waals surface area contributed by atoms with E-state index in [0.717, 1.165) is 31.7 Å². The molecule has 1 aromatic heterocycles. The molecule has 0 fully saturated rings. The third kappa shape index (κ3) is 2.83. The highest BCUT2D eigenvalue weighted by Crippen LogP contribution is 2.11. The molecule has 0 radical (unpaired) electrons. The summed E-state index contributed by atoms with van der Waals surface area (Å²) in [7, 11) is 4.06. The maximum Gasteiger partial charge on any atom is 0.325 e. The van der Waals surface area contributed by atoms with Crippen molar-refractivity contribution in [1.29, 1.82) is 0 Å². The molecule has 17 heavy (non-hydrogen) atoms. The van der Waals surface area contributed by atoms with Crippen molar-refractivity contribution in [2.45, 2.75) is 13.0 Å². The topological polar surface area (TPSA) is 72.2 Å². The van der Waals surface area contributed by atoms with Crippen LogP contribution in [0.25, 0.3) is 0 Å². The Balaban J connectivity index is 2.13.